The molecule has 0 saturated carbocycles. The summed E-state index contributed by atoms with van der Waals surface area (Å²) >= 11 is 0. The average Bonchev–Trinajstić information content (AvgIpc) is 2.68. The van der Waals surface area contributed by atoms with Crippen molar-refractivity contribution in [3.8, 4) is 5.75 Å². The second-order valence-corrected chi connectivity index (χ2v) is 5.76. The first kappa shape index (κ1) is 18.1. The minimum atomic E-state index is -0.475. The number of nitrogens with zero attached hydrogens (tertiary/aromatic N) is 2. The number of ether oxygens (including phenoxy) is 3. The van der Waals surface area contributed by atoms with E-state index in [9.17, 15) is 4.79 Å². The highest BCUT2D eigenvalue weighted by molar-refractivity contribution is 5.93. The Morgan fingerprint density at radius 1 is 1.31 bits per heavy atom. The van der Waals surface area contributed by atoms with Crippen molar-refractivity contribution in [1.82, 2.24) is 15.3 Å². The largest absolute Gasteiger partial charge is 0.490 e. The Bertz CT molecular complexity index is 782. The maximum absolute atomic E-state index is 12.1. The van der Waals surface area contributed by atoms with Crippen LogP contribution in [0.15, 0.2) is 24.4 Å². The van der Waals surface area contributed by atoms with Crippen molar-refractivity contribution in [3.63, 3.8) is 0 Å². The summed E-state index contributed by atoms with van der Waals surface area (Å²) in [5.74, 6) is 0.447. The standard InChI is InChI=1S/C18H22N4O4/c1-24-7-8-26-16-4-3-13(9-14(16)17(23)25-2)21-18-20-10-12-5-6-19-11-15(12)22-18/h3-4,9-10,19H,5-8,11H2,1-2H3,(H,20,21,22). The van der Waals surface area contributed by atoms with E-state index in [1.165, 1.54) is 7.11 Å². The van der Waals surface area contributed by atoms with Gasteiger partial charge in [0.15, 0.2) is 0 Å². The van der Waals surface area contributed by atoms with Crippen molar-refractivity contribution in [2.75, 3.05) is 39.3 Å². The van der Waals surface area contributed by atoms with Gasteiger partial charge in [-0.25, -0.2) is 14.8 Å². The van der Waals surface area contributed by atoms with Gasteiger partial charge in [-0.3, -0.25) is 0 Å². The number of anilines is 2. The number of rotatable bonds is 7. The second kappa shape index (κ2) is 8.59. The van der Waals surface area contributed by atoms with E-state index in [0.29, 0.717) is 36.2 Å². The zero-order valence-corrected chi connectivity index (χ0v) is 14.9. The minimum Gasteiger partial charge on any atom is -0.490 e. The predicted molar refractivity (Wildman–Crippen MR) is 95.9 cm³/mol. The lowest BCUT2D eigenvalue weighted by Crippen LogP contribution is -2.25. The molecule has 8 nitrogen and oxygen atoms in total. The van der Waals surface area contributed by atoms with Crippen molar-refractivity contribution < 1.29 is 19.0 Å². The van der Waals surface area contributed by atoms with Crippen LogP contribution in [0.3, 0.4) is 0 Å². The topological polar surface area (TPSA) is 94.6 Å². The molecule has 0 bridgehead atoms. The molecule has 138 valence electrons. The van der Waals surface area contributed by atoms with Gasteiger partial charge in [0.05, 0.1) is 19.4 Å². The normalized spacial score (nSPS) is 13.0. The molecule has 1 aliphatic rings. The SMILES string of the molecule is COCCOc1ccc(Nc2ncc3c(n2)CNCC3)cc1C(=O)OC. The van der Waals surface area contributed by atoms with E-state index in [2.05, 4.69) is 20.6 Å². The first-order chi connectivity index (χ1) is 12.7. The van der Waals surface area contributed by atoms with E-state index < -0.39 is 5.97 Å². The van der Waals surface area contributed by atoms with Gasteiger partial charge in [-0.15, -0.1) is 0 Å². The van der Waals surface area contributed by atoms with Crippen LogP contribution in [-0.4, -0.2) is 49.9 Å². The maximum Gasteiger partial charge on any atom is 0.341 e. The van der Waals surface area contributed by atoms with E-state index in [4.69, 9.17) is 14.2 Å². The van der Waals surface area contributed by atoms with Gasteiger partial charge >= 0.3 is 5.97 Å². The van der Waals surface area contributed by atoms with Crippen LogP contribution in [0, 0.1) is 0 Å². The zero-order valence-electron chi connectivity index (χ0n) is 14.9. The lowest BCUT2D eigenvalue weighted by molar-refractivity contribution is 0.0594. The molecule has 0 radical (unpaired) electrons. The first-order valence-corrected chi connectivity index (χ1v) is 8.38. The molecule has 2 aromatic rings. The van der Waals surface area contributed by atoms with Gasteiger partial charge in [-0.05, 0) is 36.7 Å². The molecule has 2 heterocycles. The van der Waals surface area contributed by atoms with Crippen LogP contribution in [-0.2, 0) is 22.4 Å². The summed E-state index contributed by atoms with van der Waals surface area (Å²) in [5, 5.41) is 6.42. The number of aromatic nitrogens is 2. The minimum absolute atomic E-state index is 0.327. The summed E-state index contributed by atoms with van der Waals surface area (Å²) in [6, 6.07) is 5.18. The monoisotopic (exact) mass is 358 g/mol. The molecule has 3 rings (SSSR count). The number of carbonyl (C=O) groups excluding carboxylic acids is 1. The summed E-state index contributed by atoms with van der Waals surface area (Å²) < 4.78 is 15.4. The summed E-state index contributed by atoms with van der Waals surface area (Å²) in [5.41, 5.74) is 3.15. The van der Waals surface area contributed by atoms with Crippen LogP contribution in [0.5, 0.6) is 5.75 Å². The van der Waals surface area contributed by atoms with Crippen molar-refractivity contribution in [2.45, 2.75) is 13.0 Å². The fraction of sp³-hybridized carbons (Fsp3) is 0.389. The van der Waals surface area contributed by atoms with E-state index in [1.807, 2.05) is 6.20 Å². The molecule has 8 heteroatoms. The van der Waals surface area contributed by atoms with Crippen LogP contribution < -0.4 is 15.4 Å². The molecular formula is C18H22N4O4. The summed E-state index contributed by atoms with van der Waals surface area (Å²) in [7, 11) is 2.92. The van der Waals surface area contributed by atoms with Crippen LogP contribution >= 0.6 is 0 Å². The number of benzene rings is 1. The molecule has 1 aromatic carbocycles. The molecule has 26 heavy (non-hydrogen) atoms. The molecule has 0 atom stereocenters. The molecule has 1 aliphatic heterocycles. The molecule has 2 N–H and O–H groups in total. The van der Waals surface area contributed by atoms with Gasteiger partial charge in [-0.2, -0.15) is 0 Å². The van der Waals surface area contributed by atoms with E-state index in [-0.39, 0.29) is 0 Å². The number of carbonyl (C=O) groups is 1. The summed E-state index contributed by atoms with van der Waals surface area (Å²) in [4.78, 5) is 21.0. The number of esters is 1. The highest BCUT2D eigenvalue weighted by Gasteiger charge is 2.16. The number of nitrogens with one attached hydrogen (secondary N) is 2. The van der Waals surface area contributed by atoms with Crippen molar-refractivity contribution in [3.05, 3.63) is 41.2 Å². The molecule has 0 unspecified atom stereocenters. The van der Waals surface area contributed by atoms with E-state index >= 15 is 0 Å². The zero-order chi connectivity index (χ0) is 18.4. The van der Waals surface area contributed by atoms with Crippen molar-refractivity contribution >= 4 is 17.6 Å². The Morgan fingerprint density at radius 3 is 3.00 bits per heavy atom. The third-order valence-electron chi connectivity index (χ3n) is 4.00. The van der Waals surface area contributed by atoms with Gasteiger partial charge in [0, 0.05) is 25.5 Å². The molecule has 0 saturated heterocycles. The Balaban J connectivity index is 1.80. The Kier molecular flexibility index (Phi) is 5.98. The van der Waals surface area contributed by atoms with Gasteiger partial charge < -0.3 is 24.8 Å². The first-order valence-electron chi connectivity index (χ1n) is 8.38. The predicted octanol–water partition coefficient (Wildman–Crippen LogP) is 1.68. The Morgan fingerprint density at radius 2 is 2.19 bits per heavy atom. The smallest absolute Gasteiger partial charge is 0.341 e. The Hall–Kier alpha value is -2.71. The molecular weight excluding hydrogens is 336 g/mol. The van der Waals surface area contributed by atoms with Crippen molar-refractivity contribution in [2.24, 2.45) is 0 Å². The van der Waals surface area contributed by atoms with Gasteiger partial charge in [-0.1, -0.05) is 0 Å². The number of hydrogen-bond acceptors (Lipinski definition) is 8. The fourth-order valence-corrected chi connectivity index (χ4v) is 2.66. The molecule has 0 aliphatic carbocycles. The third-order valence-corrected chi connectivity index (χ3v) is 4.00. The van der Waals surface area contributed by atoms with Crippen LogP contribution in [0.2, 0.25) is 0 Å². The fourth-order valence-electron chi connectivity index (χ4n) is 2.66. The maximum atomic E-state index is 12.1. The molecule has 1 aromatic heterocycles. The average molecular weight is 358 g/mol. The number of hydrogen-bond donors (Lipinski definition) is 2. The van der Waals surface area contributed by atoms with E-state index in [0.717, 1.165) is 30.8 Å². The van der Waals surface area contributed by atoms with E-state index in [1.54, 1.807) is 25.3 Å². The Labute approximate surface area is 151 Å². The number of methoxy groups -OCH3 is 2. The highest BCUT2D eigenvalue weighted by Crippen LogP contribution is 2.25. The molecule has 0 amide bonds. The summed E-state index contributed by atoms with van der Waals surface area (Å²) in [6.45, 7) is 2.44. The van der Waals surface area contributed by atoms with Crippen LogP contribution in [0.1, 0.15) is 21.6 Å². The number of fused-ring (bicyclic) bond motifs is 1. The molecule has 0 spiro atoms. The van der Waals surface area contributed by atoms with Gasteiger partial charge in [0.25, 0.3) is 0 Å². The quantitative estimate of drug-likeness (QED) is 0.570. The lowest BCUT2D eigenvalue weighted by atomic mass is 10.1. The van der Waals surface area contributed by atoms with Crippen LogP contribution in [0.4, 0.5) is 11.6 Å². The highest BCUT2D eigenvalue weighted by atomic mass is 16.5. The lowest BCUT2D eigenvalue weighted by Gasteiger charge is -2.17. The third kappa shape index (κ3) is 4.27. The van der Waals surface area contributed by atoms with Crippen LogP contribution in [0.25, 0.3) is 0 Å². The van der Waals surface area contributed by atoms with Gasteiger partial charge in [0.2, 0.25) is 5.95 Å². The second-order valence-electron chi connectivity index (χ2n) is 5.76. The van der Waals surface area contributed by atoms with Crippen molar-refractivity contribution in [1.29, 1.82) is 0 Å². The molecule has 0 fully saturated rings. The van der Waals surface area contributed by atoms with Gasteiger partial charge in [0.1, 0.15) is 17.9 Å². The summed E-state index contributed by atoms with van der Waals surface area (Å²) in [6.07, 6.45) is 2.77.